The lowest BCUT2D eigenvalue weighted by atomic mass is 10.1. The normalized spacial score (nSPS) is 12.3. The van der Waals surface area contributed by atoms with Crippen LogP contribution in [0.2, 0.25) is 5.02 Å². The monoisotopic (exact) mass is 479 g/mol. The SMILES string of the molecule is Cc1cccc(CN(C(=O)CN(c2cccc(Cl)c2)S(C)(=O)=O)C(C)C(=O)NC(C)C)c1. The van der Waals surface area contributed by atoms with E-state index in [0.717, 1.165) is 21.7 Å². The summed E-state index contributed by atoms with van der Waals surface area (Å²) in [5, 5.41) is 3.17. The van der Waals surface area contributed by atoms with Gasteiger partial charge in [0, 0.05) is 17.6 Å². The molecule has 0 bridgehead atoms. The van der Waals surface area contributed by atoms with Crippen molar-refractivity contribution in [2.75, 3.05) is 17.1 Å². The molecule has 9 heteroatoms. The van der Waals surface area contributed by atoms with Crippen molar-refractivity contribution >= 4 is 39.1 Å². The van der Waals surface area contributed by atoms with Gasteiger partial charge in [-0.2, -0.15) is 0 Å². The number of carbonyl (C=O) groups is 2. The first-order chi connectivity index (χ1) is 14.9. The molecule has 2 amide bonds. The molecule has 0 saturated carbocycles. The van der Waals surface area contributed by atoms with Crippen LogP contribution in [0.5, 0.6) is 0 Å². The van der Waals surface area contributed by atoms with Crippen LogP contribution in [0.1, 0.15) is 31.9 Å². The van der Waals surface area contributed by atoms with Gasteiger partial charge in [0.1, 0.15) is 12.6 Å². The highest BCUT2D eigenvalue weighted by molar-refractivity contribution is 7.92. The standard InChI is InChI=1S/C23H30ClN3O4S/c1-16(2)25-23(29)18(4)26(14-19-9-6-8-17(3)12-19)22(28)15-27(32(5,30)31)21-11-7-10-20(24)13-21/h6-13,16,18H,14-15H2,1-5H3,(H,25,29). The van der Waals surface area contributed by atoms with Crippen molar-refractivity contribution in [2.24, 2.45) is 0 Å². The van der Waals surface area contributed by atoms with Crippen LogP contribution in [0.15, 0.2) is 48.5 Å². The highest BCUT2D eigenvalue weighted by Gasteiger charge is 2.30. The number of benzene rings is 2. The van der Waals surface area contributed by atoms with Gasteiger partial charge in [-0.1, -0.05) is 47.5 Å². The van der Waals surface area contributed by atoms with E-state index in [4.69, 9.17) is 11.6 Å². The zero-order valence-corrected chi connectivity index (χ0v) is 20.6. The number of anilines is 1. The highest BCUT2D eigenvalue weighted by atomic mass is 35.5. The Labute approximate surface area is 195 Å². The predicted octanol–water partition coefficient (Wildman–Crippen LogP) is 3.36. The Morgan fingerprint density at radius 1 is 1.06 bits per heavy atom. The van der Waals surface area contributed by atoms with E-state index in [-0.39, 0.29) is 24.2 Å². The first-order valence-corrected chi connectivity index (χ1v) is 12.5. The van der Waals surface area contributed by atoms with Crippen LogP contribution in [0.25, 0.3) is 0 Å². The van der Waals surface area contributed by atoms with Crippen molar-refractivity contribution in [3.05, 3.63) is 64.7 Å². The van der Waals surface area contributed by atoms with Crippen molar-refractivity contribution in [1.82, 2.24) is 10.2 Å². The average Bonchev–Trinajstić information content (AvgIpc) is 2.68. The zero-order chi connectivity index (χ0) is 24.1. The zero-order valence-electron chi connectivity index (χ0n) is 19.0. The van der Waals surface area contributed by atoms with E-state index in [1.807, 2.05) is 45.0 Å². The van der Waals surface area contributed by atoms with Gasteiger partial charge in [-0.25, -0.2) is 8.42 Å². The summed E-state index contributed by atoms with van der Waals surface area (Å²) in [4.78, 5) is 27.5. The lowest BCUT2D eigenvalue weighted by molar-refractivity contribution is -0.139. The molecule has 7 nitrogen and oxygen atoms in total. The average molecular weight is 480 g/mol. The molecule has 0 heterocycles. The van der Waals surface area contributed by atoms with Gasteiger partial charge >= 0.3 is 0 Å². The summed E-state index contributed by atoms with van der Waals surface area (Å²) in [6.45, 7) is 6.96. The number of halogens is 1. The summed E-state index contributed by atoms with van der Waals surface area (Å²) in [5.74, 6) is -0.807. The van der Waals surface area contributed by atoms with Gasteiger partial charge in [-0.15, -0.1) is 0 Å². The van der Waals surface area contributed by atoms with Crippen LogP contribution >= 0.6 is 11.6 Å². The number of amides is 2. The van der Waals surface area contributed by atoms with E-state index < -0.39 is 28.5 Å². The number of hydrogen-bond acceptors (Lipinski definition) is 4. The molecule has 32 heavy (non-hydrogen) atoms. The number of aryl methyl sites for hydroxylation is 1. The van der Waals surface area contributed by atoms with Crippen LogP contribution < -0.4 is 9.62 Å². The topological polar surface area (TPSA) is 86.8 Å². The molecule has 0 spiro atoms. The van der Waals surface area contributed by atoms with Gasteiger partial charge in [-0.05, 0) is 51.5 Å². The maximum atomic E-state index is 13.4. The maximum absolute atomic E-state index is 13.4. The summed E-state index contributed by atoms with van der Waals surface area (Å²) in [6, 6.07) is 13.0. The number of sulfonamides is 1. The summed E-state index contributed by atoms with van der Waals surface area (Å²) in [5.41, 5.74) is 2.14. The molecule has 2 aromatic carbocycles. The Hall–Kier alpha value is -2.58. The number of carbonyl (C=O) groups excluding carboxylic acids is 2. The number of hydrogen-bond donors (Lipinski definition) is 1. The van der Waals surface area contributed by atoms with Crippen molar-refractivity contribution in [2.45, 2.75) is 46.3 Å². The molecule has 0 saturated heterocycles. The number of rotatable bonds is 9. The van der Waals surface area contributed by atoms with Gasteiger partial charge in [0.05, 0.1) is 11.9 Å². The van der Waals surface area contributed by atoms with Crippen LogP contribution in [-0.2, 0) is 26.2 Å². The van der Waals surface area contributed by atoms with Crippen molar-refractivity contribution in [3.63, 3.8) is 0 Å². The minimum Gasteiger partial charge on any atom is -0.352 e. The number of nitrogens with zero attached hydrogens (tertiary/aromatic N) is 2. The quantitative estimate of drug-likeness (QED) is 0.597. The Morgan fingerprint density at radius 2 is 1.72 bits per heavy atom. The summed E-state index contributed by atoms with van der Waals surface area (Å²) < 4.78 is 26.0. The lowest BCUT2D eigenvalue weighted by Gasteiger charge is -2.32. The van der Waals surface area contributed by atoms with Crippen molar-refractivity contribution in [3.8, 4) is 0 Å². The van der Waals surface area contributed by atoms with E-state index in [0.29, 0.717) is 5.02 Å². The van der Waals surface area contributed by atoms with Gasteiger partial charge in [0.25, 0.3) is 0 Å². The fraction of sp³-hybridized carbons (Fsp3) is 0.391. The second kappa shape index (κ2) is 10.8. The molecule has 1 N–H and O–H groups in total. The molecule has 0 aromatic heterocycles. The maximum Gasteiger partial charge on any atom is 0.244 e. The van der Waals surface area contributed by atoms with Crippen LogP contribution in [0.4, 0.5) is 5.69 Å². The Kier molecular flexibility index (Phi) is 8.69. The molecule has 0 fully saturated rings. The van der Waals surface area contributed by atoms with Crippen LogP contribution in [-0.4, -0.2) is 50.0 Å². The molecule has 0 aliphatic rings. The predicted molar refractivity (Wildman–Crippen MR) is 128 cm³/mol. The van der Waals surface area contributed by atoms with Gasteiger partial charge in [0.2, 0.25) is 21.8 Å². The minimum atomic E-state index is -3.78. The van der Waals surface area contributed by atoms with Crippen molar-refractivity contribution in [1.29, 1.82) is 0 Å². The third-order valence-electron chi connectivity index (χ3n) is 4.81. The summed E-state index contributed by atoms with van der Waals surface area (Å²) in [7, 11) is -3.78. The second-order valence-corrected chi connectivity index (χ2v) is 10.4. The molecule has 1 atom stereocenters. The Balaban J connectivity index is 2.39. The molecule has 0 aliphatic carbocycles. The molecular weight excluding hydrogens is 450 g/mol. The fourth-order valence-electron chi connectivity index (χ4n) is 3.24. The molecule has 0 aliphatic heterocycles. The molecule has 0 radical (unpaired) electrons. The van der Waals surface area contributed by atoms with E-state index in [9.17, 15) is 18.0 Å². The van der Waals surface area contributed by atoms with Crippen LogP contribution in [0.3, 0.4) is 0 Å². The first kappa shape index (κ1) is 25.7. The second-order valence-electron chi connectivity index (χ2n) is 8.10. The first-order valence-electron chi connectivity index (χ1n) is 10.3. The molecule has 2 aromatic rings. The van der Waals surface area contributed by atoms with E-state index in [1.54, 1.807) is 25.1 Å². The van der Waals surface area contributed by atoms with Gasteiger partial charge in [-0.3, -0.25) is 13.9 Å². The highest BCUT2D eigenvalue weighted by Crippen LogP contribution is 2.22. The molecule has 174 valence electrons. The lowest BCUT2D eigenvalue weighted by Crippen LogP contribution is -2.52. The third-order valence-corrected chi connectivity index (χ3v) is 6.18. The molecule has 1 unspecified atom stereocenters. The largest absolute Gasteiger partial charge is 0.352 e. The number of nitrogens with one attached hydrogen (secondary N) is 1. The third kappa shape index (κ3) is 7.24. The molecular formula is C23H30ClN3O4S. The van der Waals surface area contributed by atoms with Gasteiger partial charge in [0.15, 0.2) is 0 Å². The Morgan fingerprint density at radius 3 is 2.28 bits per heavy atom. The van der Waals surface area contributed by atoms with E-state index in [1.165, 1.54) is 11.0 Å². The van der Waals surface area contributed by atoms with E-state index >= 15 is 0 Å². The fourth-order valence-corrected chi connectivity index (χ4v) is 4.27. The van der Waals surface area contributed by atoms with E-state index in [2.05, 4.69) is 5.32 Å². The molecule has 2 rings (SSSR count). The van der Waals surface area contributed by atoms with Crippen molar-refractivity contribution < 1.29 is 18.0 Å². The smallest absolute Gasteiger partial charge is 0.244 e. The summed E-state index contributed by atoms with van der Waals surface area (Å²) in [6.07, 6.45) is 1.03. The Bertz CT molecular complexity index is 1070. The minimum absolute atomic E-state index is 0.0974. The summed E-state index contributed by atoms with van der Waals surface area (Å²) >= 11 is 6.03. The van der Waals surface area contributed by atoms with Crippen LogP contribution in [0, 0.1) is 6.92 Å². The van der Waals surface area contributed by atoms with Gasteiger partial charge < -0.3 is 10.2 Å².